The molecule has 1 N–H and O–H groups in total. The van der Waals surface area contributed by atoms with E-state index in [0.29, 0.717) is 32.7 Å². The molecule has 0 heterocycles. The van der Waals surface area contributed by atoms with E-state index in [1.807, 2.05) is 48.6 Å². The van der Waals surface area contributed by atoms with E-state index in [1.165, 1.54) is 0 Å². The maximum Gasteiger partial charge on any atom is 0.225 e. The molecule has 0 saturated heterocycles. The minimum absolute atomic E-state index is 0.0265. The van der Waals surface area contributed by atoms with Gasteiger partial charge in [0.25, 0.3) is 0 Å². The highest BCUT2D eigenvalue weighted by Crippen LogP contribution is 2.19. The van der Waals surface area contributed by atoms with Gasteiger partial charge in [-0.05, 0) is 41.2 Å². The molecular weight excluding hydrogens is 448 g/mol. The Kier molecular flexibility index (Phi) is 15.8. The molecule has 0 aliphatic carbocycles. The molecule has 1 amide bonds. The average Bonchev–Trinajstić information content (AvgIpc) is 2.76. The molecule has 0 aromatic rings. The Morgan fingerprint density at radius 2 is 1.29 bits per heavy atom. The molecule has 0 unspecified atom stereocenters. The first kappa shape index (κ1) is 33.7. The zero-order valence-electron chi connectivity index (χ0n) is 24.0. The molecule has 0 fully saturated rings. The molecule has 0 aliphatic rings. The van der Waals surface area contributed by atoms with E-state index in [9.17, 15) is 14.4 Å². The number of ketones is 2. The van der Waals surface area contributed by atoms with Crippen LogP contribution in [-0.2, 0) is 28.6 Å². The van der Waals surface area contributed by atoms with Gasteiger partial charge in [-0.2, -0.15) is 0 Å². The van der Waals surface area contributed by atoms with Crippen LogP contribution in [0.1, 0.15) is 81.1 Å². The molecule has 0 aromatic carbocycles. The summed E-state index contributed by atoms with van der Waals surface area (Å²) in [6.07, 6.45) is 1.73. The lowest BCUT2D eigenvalue weighted by molar-refractivity contribution is -0.142. The lowest BCUT2D eigenvalue weighted by Crippen LogP contribution is -2.46. The zero-order chi connectivity index (χ0) is 27.2. The van der Waals surface area contributed by atoms with Crippen molar-refractivity contribution < 1.29 is 28.6 Å². The van der Waals surface area contributed by atoms with Crippen molar-refractivity contribution in [2.45, 2.75) is 98.3 Å². The summed E-state index contributed by atoms with van der Waals surface area (Å²) in [4.78, 5) is 38.5. The molecule has 0 saturated carbocycles. The maximum atomic E-state index is 13.1. The number of rotatable bonds is 20. The van der Waals surface area contributed by atoms with Crippen LogP contribution in [0.25, 0.3) is 0 Å². The molecular formula is C27H52N2O6. The molecule has 0 atom stereocenters. The number of hydrogen-bond acceptors (Lipinski definition) is 7. The van der Waals surface area contributed by atoms with E-state index in [2.05, 4.69) is 19.2 Å². The van der Waals surface area contributed by atoms with Crippen molar-refractivity contribution in [1.29, 1.82) is 0 Å². The minimum atomic E-state index is -0.616. The van der Waals surface area contributed by atoms with E-state index < -0.39 is 5.60 Å². The summed E-state index contributed by atoms with van der Waals surface area (Å²) in [7, 11) is 3.66. The van der Waals surface area contributed by atoms with Crippen LogP contribution < -0.4 is 5.32 Å². The normalized spacial score (nSPS) is 12.6. The molecule has 206 valence electrons. The molecule has 0 aromatic heterocycles. The predicted molar refractivity (Wildman–Crippen MR) is 140 cm³/mol. The first-order valence-electron chi connectivity index (χ1n) is 12.9. The highest BCUT2D eigenvalue weighted by atomic mass is 16.5. The number of likely N-dealkylation sites (N-methyl/N-ethyl adjacent to an activating group) is 1. The number of amides is 1. The van der Waals surface area contributed by atoms with Crippen LogP contribution in [0.15, 0.2) is 0 Å². The first-order valence-corrected chi connectivity index (χ1v) is 12.9. The predicted octanol–water partition coefficient (Wildman–Crippen LogP) is 3.65. The number of carbonyl (C=O) groups is 3. The maximum absolute atomic E-state index is 13.1. The third-order valence-corrected chi connectivity index (χ3v) is 6.31. The fourth-order valence-electron chi connectivity index (χ4n) is 3.08. The quantitative estimate of drug-likeness (QED) is 0.255. The summed E-state index contributed by atoms with van der Waals surface area (Å²) >= 11 is 0. The van der Waals surface area contributed by atoms with Crippen molar-refractivity contribution >= 4 is 17.5 Å². The van der Waals surface area contributed by atoms with Gasteiger partial charge in [-0.1, -0.05) is 27.7 Å². The van der Waals surface area contributed by atoms with Gasteiger partial charge in [-0.15, -0.1) is 0 Å². The zero-order valence-corrected chi connectivity index (χ0v) is 24.0. The number of hydrogen-bond donors (Lipinski definition) is 1. The van der Waals surface area contributed by atoms with Crippen LogP contribution in [0.3, 0.4) is 0 Å². The molecule has 0 radical (unpaired) electrons. The van der Waals surface area contributed by atoms with Crippen LogP contribution in [0, 0.1) is 11.8 Å². The summed E-state index contributed by atoms with van der Waals surface area (Å²) < 4.78 is 17.5. The minimum Gasteiger partial charge on any atom is -0.379 e. The van der Waals surface area contributed by atoms with Crippen molar-refractivity contribution in [1.82, 2.24) is 10.2 Å². The number of nitrogens with zero attached hydrogens (tertiary/aromatic N) is 1. The Hall–Kier alpha value is -1.35. The second-order valence-corrected chi connectivity index (χ2v) is 11.2. The summed E-state index contributed by atoms with van der Waals surface area (Å²) in [6, 6.07) is -0.329. The van der Waals surface area contributed by atoms with Crippen molar-refractivity contribution in [3.63, 3.8) is 0 Å². The summed E-state index contributed by atoms with van der Waals surface area (Å²) in [5.41, 5.74) is -0.653. The van der Waals surface area contributed by atoms with E-state index in [0.717, 1.165) is 6.42 Å². The fourth-order valence-corrected chi connectivity index (χ4v) is 3.08. The van der Waals surface area contributed by atoms with Gasteiger partial charge in [0.05, 0.1) is 44.5 Å². The van der Waals surface area contributed by atoms with E-state index >= 15 is 0 Å². The Morgan fingerprint density at radius 1 is 0.829 bits per heavy atom. The van der Waals surface area contributed by atoms with Crippen molar-refractivity contribution in [2.24, 2.45) is 11.8 Å². The molecule has 0 bridgehead atoms. The molecule has 0 aliphatic heterocycles. The van der Waals surface area contributed by atoms with Gasteiger partial charge in [0.2, 0.25) is 5.91 Å². The number of Topliss-reactive ketones (excluding diaryl/α,β-unsaturated/α-hetero) is 2. The van der Waals surface area contributed by atoms with E-state index in [1.54, 1.807) is 11.9 Å². The molecule has 8 nitrogen and oxygen atoms in total. The third kappa shape index (κ3) is 15.4. The second-order valence-electron chi connectivity index (χ2n) is 11.2. The highest BCUT2D eigenvalue weighted by molar-refractivity contribution is 5.80. The van der Waals surface area contributed by atoms with Gasteiger partial charge < -0.3 is 24.4 Å². The van der Waals surface area contributed by atoms with Crippen LogP contribution >= 0.6 is 0 Å². The second kappa shape index (κ2) is 16.4. The van der Waals surface area contributed by atoms with Gasteiger partial charge in [-0.25, -0.2) is 0 Å². The van der Waals surface area contributed by atoms with Gasteiger partial charge in [0.1, 0.15) is 11.6 Å². The largest absolute Gasteiger partial charge is 0.379 e. The SMILES string of the molecule is CNC(C)(C)CCOC(C)(C)CC(=O)N(C)C(COCCC(=O)C(C)C)COCCC(=O)C(C)C. The molecule has 0 rings (SSSR count). The van der Waals surface area contributed by atoms with E-state index in [4.69, 9.17) is 14.2 Å². The average molecular weight is 501 g/mol. The molecule has 8 heteroatoms. The van der Waals surface area contributed by atoms with Crippen molar-refractivity contribution in [3.8, 4) is 0 Å². The Balaban J connectivity index is 4.93. The van der Waals surface area contributed by atoms with Crippen molar-refractivity contribution in [3.05, 3.63) is 0 Å². The monoisotopic (exact) mass is 500 g/mol. The number of nitrogens with one attached hydrogen (secondary N) is 1. The van der Waals surface area contributed by atoms with Crippen LogP contribution in [0.2, 0.25) is 0 Å². The lowest BCUT2D eigenvalue weighted by Gasteiger charge is -2.33. The van der Waals surface area contributed by atoms with Crippen LogP contribution in [0.5, 0.6) is 0 Å². The summed E-state index contributed by atoms with van der Waals surface area (Å²) in [6.45, 7) is 17.2. The summed E-state index contributed by atoms with van der Waals surface area (Å²) in [5, 5.41) is 3.25. The van der Waals surface area contributed by atoms with Gasteiger partial charge in [-0.3, -0.25) is 14.4 Å². The Labute approximate surface area is 213 Å². The van der Waals surface area contributed by atoms with Gasteiger partial charge >= 0.3 is 0 Å². The van der Waals surface area contributed by atoms with Crippen LogP contribution in [-0.4, -0.2) is 86.7 Å². The lowest BCUT2D eigenvalue weighted by atomic mass is 10.0. The molecule has 0 spiro atoms. The van der Waals surface area contributed by atoms with Gasteiger partial charge in [0, 0.05) is 43.9 Å². The number of carbonyl (C=O) groups excluding carboxylic acids is 3. The standard InChI is InChI=1S/C27H52N2O6/c1-20(2)23(30)11-14-33-18-22(19-34-15-12-24(31)21(3)4)29(10)25(32)17-27(7,8)35-16-13-26(5,6)28-9/h20-22,28H,11-19H2,1-10H3. The van der Waals surface area contributed by atoms with Crippen molar-refractivity contribution in [2.75, 3.05) is 47.1 Å². The van der Waals surface area contributed by atoms with Gasteiger partial charge in [0.15, 0.2) is 0 Å². The van der Waals surface area contributed by atoms with E-state index in [-0.39, 0.29) is 60.5 Å². The fraction of sp³-hybridized carbons (Fsp3) is 0.889. The topological polar surface area (TPSA) is 94.2 Å². The third-order valence-electron chi connectivity index (χ3n) is 6.31. The highest BCUT2D eigenvalue weighted by Gasteiger charge is 2.29. The Morgan fingerprint density at radius 3 is 1.69 bits per heavy atom. The number of ether oxygens (including phenoxy) is 3. The van der Waals surface area contributed by atoms with Crippen LogP contribution in [0.4, 0.5) is 0 Å². The molecule has 35 heavy (non-hydrogen) atoms. The summed E-state index contributed by atoms with van der Waals surface area (Å²) in [5.74, 6) is 0.170. The Bertz CT molecular complexity index is 618. The smallest absolute Gasteiger partial charge is 0.225 e. The first-order chi connectivity index (χ1) is 16.1.